The molecule has 3 saturated heterocycles. The van der Waals surface area contributed by atoms with Gasteiger partial charge in [-0.2, -0.15) is 5.10 Å². The number of phenols is 1. The third-order valence-corrected chi connectivity index (χ3v) is 8.67. The van der Waals surface area contributed by atoms with Crippen molar-refractivity contribution < 1.29 is 14.3 Å². The number of imidazole rings is 1. The Kier molecular flexibility index (Phi) is 3.70. The van der Waals surface area contributed by atoms with Crippen molar-refractivity contribution in [2.45, 2.75) is 32.1 Å². The van der Waals surface area contributed by atoms with Gasteiger partial charge >= 0.3 is 0 Å². The molecule has 1 amide bonds. The molecule has 1 atom stereocenters. The molecule has 3 fully saturated rings. The van der Waals surface area contributed by atoms with Crippen LogP contribution in [0.25, 0.3) is 33.5 Å². The van der Waals surface area contributed by atoms with Crippen LogP contribution in [0.2, 0.25) is 0 Å². The minimum Gasteiger partial charge on any atom is -0.505 e. The van der Waals surface area contributed by atoms with Crippen molar-refractivity contribution >= 4 is 16.8 Å². The van der Waals surface area contributed by atoms with Crippen LogP contribution < -0.4 is 5.32 Å². The molecule has 0 radical (unpaired) electrons. The van der Waals surface area contributed by atoms with E-state index in [0.29, 0.717) is 25.3 Å². The van der Waals surface area contributed by atoms with Crippen LogP contribution in [0.4, 0.5) is 4.39 Å². The van der Waals surface area contributed by atoms with E-state index in [1.807, 2.05) is 30.0 Å². The molecule has 1 unspecified atom stereocenters. The number of nitrogens with zero attached hydrogens (tertiary/aromatic N) is 4. The maximum Gasteiger partial charge on any atom is 0.266 e. The number of carbonyl (C=O) groups excluding carboxylic acids is 1. The molecule has 2 aromatic carbocycles. The van der Waals surface area contributed by atoms with E-state index in [-0.39, 0.29) is 17.1 Å². The van der Waals surface area contributed by atoms with E-state index in [0.717, 1.165) is 64.3 Å². The number of rotatable bonds is 4. The van der Waals surface area contributed by atoms with Gasteiger partial charge in [0.1, 0.15) is 5.69 Å². The smallest absolute Gasteiger partial charge is 0.266 e. The second-order valence-electron chi connectivity index (χ2n) is 10.5. The summed E-state index contributed by atoms with van der Waals surface area (Å²) in [5.41, 5.74) is 5.66. The highest BCUT2D eigenvalue weighted by Crippen LogP contribution is 2.64. The van der Waals surface area contributed by atoms with Crippen LogP contribution in [0.15, 0.2) is 30.3 Å². The third kappa shape index (κ3) is 2.29. The molecule has 2 aromatic heterocycles. The quantitative estimate of drug-likeness (QED) is 0.331. The molecule has 0 aliphatic carbocycles. The van der Waals surface area contributed by atoms with Crippen LogP contribution >= 0.6 is 0 Å². The topological polar surface area (TPSA) is 113 Å². The molecule has 1 spiro atoms. The number of benzene rings is 2. The minimum atomic E-state index is -0.635. The molecule has 4 N–H and O–H groups in total. The Bertz CT molecular complexity index is 1600. The predicted octanol–water partition coefficient (Wildman–Crippen LogP) is 2.48. The highest BCUT2D eigenvalue weighted by atomic mass is 19.1. The van der Waals surface area contributed by atoms with Crippen molar-refractivity contribution in [2.24, 2.45) is 5.41 Å². The number of hydrogen-bond acceptors (Lipinski definition) is 6. The number of aryl methyl sites for hydroxylation is 1. The Hall–Kier alpha value is -3.76. The summed E-state index contributed by atoms with van der Waals surface area (Å²) < 4.78 is 14.1. The fraction of sp³-hybridized carbons (Fsp3) is 0.346. The van der Waals surface area contributed by atoms with Gasteiger partial charge in [0.25, 0.3) is 5.91 Å². The molecule has 4 aliphatic rings. The Morgan fingerprint density at radius 2 is 2.06 bits per heavy atom. The van der Waals surface area contributed by atoms with Gasteiger partial charge in [0.15, 0.2) is 23.1 Å². The first-order valence-electron chi connectivity index (χ1n) is 12.3. The summed E-state index contributed by atoms with van der Waals surface area (Å²) >= 11 is 0. The van der Waals surface area contributed by atoms with Crippen LogP contribution in [-0.4, -0.2) is 66.3 Å². The lowest BCUT2D eigenvalue weighted by atomic mass is 9.69. The number of aromatic hydroxyl groups is 1. The number of aromatic nitrogens is 4. The number of amides is 1. The van der Waals surface area contributed by atoms with E-state index < -0.39 is 11.5 Å². The first-order chi connectivity index (χ1) is 17.4. The van der Waals surface area contributed by atoms with Crippen LogP contribution in [0, 0.1) is 11.2 Å². The van der Waals surface area contributed by atoms with Gasteiger partial charge in [0.2, 0.25) is 0 Å². The molecule has 9 nitrogen and oxygen atoms in total. The Balaban J connectivity index is 1.10. The molecule has 8 rings (SSSR count). The van der Waals surface area contributed by atoms with E-state index in [1.54, 1.807) is 0 Å². The SMILES string of the molecule is CCc1cc(O)c(F)cc1-c1ccc2c(-c3nc4c([nH]3)CN(C35C(=O)N3CC53CNC3)C4)n[nH]c2c1. The summed E-state index contributed by atoms with van der Waals surface area (Å²) in [7, 11) is 0. The number of carbonyl (C=O) groups is 1. The Morgan fingerprint density at radius 1 is 1.19 bits per heavy atom. The number of hydrogen-bond donors (Lipinski definition) is 4. The largest absolute Gasteiger partial charge is 0.505 e. The maximum absolute atomic E-state index is 14.1. The number of aromatic amines is 2. The van der Waals surface area contributed by atoms with Gasteiger partial charge in [-0.05, 0) is 47.4 Å². The summed E-state index contributed by atoms with van der Waals surface area (Å²) in [6, 6.07) is 8.73. The molecule has 4 aromatic rings. The molecule has 10 heteroatoms. The van der Waals surface area contributed by atoms with Crippen molar-refractivity contribution in [3.05, 3.63) is 53.1 Å². The second kappa shape index (κ2) is 6.51. The van der Waals surface area contributed by atoms with E-state index in [1.165, 1.54) is 12.1 Å². The molecular formula is C26H24FN7O2. The van der Waals surface area contributed by atoms with Crippen molar-refractivity contribution in [3.63, 3.8) is 0 Å². The zero-order chi connectivity index (χ0) is 24.4. The standard InChI is InChI=1S/C26H24FN7O2/c1-2-13-6-21(35)17(27)7-16(13)14-3-4-15-18(5-14)31-32-22(15)23-29-19-8-33(9-20(19)30-23)26-24(36)34(26)12-25(26)10-28-11-25/h3-7,28,35H,2,8-12H2,1H3,(H,29,30)(H,31,32). The lowest BCUT2D eigenvalue weighted by Gasteiger charge is -2.56. The van der Waals surface area contributed by atoms with E-state index >= 15 is 0 Å². The van der Waals surface area contributed by atoms with Crippen LogP contribution in [0.1, 0.15) is 23.9 Å². The van der Waals surface area contributed by atoms with E-state index in [2.05, 4.69) is 25.4 Å². The number of H-pyrrole nitrogens is 2. The van der Waals surface area contributed by atoms with Gasteiger partial charge in [0.05, 0.1) is 22.3 Å². The molecule has 0 bridgehead atoms. The summed E-state index contributed by atoms with van der Waals surface area (Å²) in [4.78, 5) is 25.2. The maximum atomic E-state index is 14.1. The third-order valence-electron chi connectivity index (χ3n) is 8.67. The van der Waals surface area contributed by atoms with Gasteiger partial charge in [0, 0.05) is 38.1 Å². The first kappa shape index (κ1) is 20.4. The minimum absolute atomic E-state index is 0.0601. The zero-order valence-corrected chi connectivity index (χ0v) is 19.7. The normalized spacial score (nSPS) is 23.6. The first-order valence-corrected chi connectivity index (χ1v) is 12.3. The lowest BCUT2D eigenvalue weighted by Crippen LogP contribution is -2.75. The summed E-state index contributed by atoms with van der Waals surface area (Å²) in [6.07, 6.45) is 0.673. The van der Waals surface area contributed by atoms with Gasteiger partial charge in [-0.25, -0.2) is 9.37 Å². The molecule has 36 heavy (non-hydrogen) atoms. The molecule has 0 saturated carbocycles. The van der Waals surface area contributed by atoms with Gasteiger partial charge in [-0.15, -0.1) is 0 Å². The summed E-state index contributed by atoms with van der Waals surface area (Å²) in [6.45, 7) is 5.95. The van der Waals surface area contributed by atoms with Crippen molar-refractivity contribution in [3.8, 4) is 28.4 Å². The van der Waals surface area contributed by atoms with E-state index in [9.17, 15) is 14.3 Å². The van der Waals surface area contributed by atoms with Crippen molar-refractivity contribution in [2.75, 3.05) is 19.6 Å². The van der Waals surface area contributed by atoms with Crippen molar-refractivity contribution in [1.29, 1.82) is 0 Å². The Labute approximate surface area is 205 Å². The zero-order valence-electron chi connectivity index (χ0n) is 19.7. The molecule has 182 valence electrons. The van der Waals surface area contributed by atoms with Crippen molar-refractivity contribution in [1.82, 2.24) is 35.3 Å². The Morgan fingerprint density at radius 3 is 2.75 bits per heavy atom. The summed E-state index contributed by atoms with van der Waals surface area (Å²) in [5.74, 6) is -0.0132. The average Bonchev–Trinajstić information content (AvgIpc) is 3.31. The molecular weight excluding hydrogens is 461 g/mol. The van der Waals surface area contributed by atoms with Gasteiger partial charge in [-0.3, -0.25) is 14.8 Å². The van der Waals surface area contributed by atoms with Gasteiger partial charge < -0.3 is 20.3 Å². The number of fused-ring (bicyclic) bond motifs is 4. The highest BCUT2D eigenvalue weighted by Gasteiger charge is 2.86. The number of nitrogens with one attached hydrogen (secondary N) is 3. The molecule has 4 aliphatic heterocycles. The highest BCUT2D eigenvalue weighted by molar-refractivity contribution is 6.06. The predicted molar refractivity (Wildman–Crippen MR) is 129 cm³/mol. The lowest BCUT2D eigenvalue weighted by molar-refractivity contribution is -0.124. The number of phenolic OH excluding ortho intramolecular Hbond substituents is 1. The monoisotopic (exact) mass is 485 g/mol. The summed E-state index contributed by atoms with van der Waals surface area (Å²) in [5, 5.41) is 21.6. The second-order valence-corrected chi connectivity index (χ2v) is 10.5. The van der Waals surface area contributed by atoms with E-state index in [4.69, 9.17) is 4.98 Å². The molecule has 6 heterocycles. The van der Waals surface area contributed by atoms with Gasteiger partial charge in [-0.1, -0.05) is 13.0 Å². The fourth-order valence-corrected chi connectivity index (χ4v) is 6.72. The fourth-order valence-electron chi connectivity index (χ4n) is 6.72. The van der Waals surface area contributed by atoms with Crippen LogP contribution in [0.5, 0.6) is 5.75 Å². The number of halogens is 1. The average molecular weight is 486 g/mol. The van der Waals surface area contributed by atoms with Crippen LogP contribution in [-0.2, 0) is 24.3 Å². The van der Waals surface area contributed by atoms with Crippen LogP contribution in [0.3, 0.4) is 0 Å².